The van der Waals surface area contributed by atoms with Crippen LogP contribution in [0.2, 0.25) is 0 Å². The van der Waals surface area contributed by atoms with Crippen molar-refractivity contribution in [1.29, 1.82) is 0 Å². The zero-order valence-electron chi connectivity index (χ0n) is 22.5. The van der Waals surface area contributed by atoms with Gasteiger partial charge in [0.2, 0.25) is 11.8 Å². The SMILES string of the molecule is CCOc1ccc(CC(=O)NC(=O)[C@@H](N)CCC(=O)OCc2ccccc2)c2c1C(C)(C)c1ccccc1O2. The van der Waals surface area contributed by atoms with E-state index in [0.29, 0.717) is 29.4 Å². The monoisotopic (exact) mass is 530 g/mol. The van der Waals surface area contributed by atoms with Gasteiger partial charge in [-0.1, -0.05) is 68.4 Å². The molecule has 8 nitrogen and oxygen atoms in total. The van der Waals surface area contributed by atoms with Gasteiger partial charge in [0.25, 0.3) is 0 Å². The summed E-state index contributed by atoms with van der Waals surface area (Å²) in [5, 5.41) is 2.35. The first-order valence-corrected chi connectivity index (χ1v) is 13.1. The first-order valence-electron chi connectivity index (χ1n) is 13.1. The first kappa shape index (κ1) is 27.9. The third-order valence-corrected chi connectivity index (χ3v) is 6.75. The van der Waals surface area contributed by atoms with Gasteiger partial charge in [0.15, 0.2) is 0 Å². The summed E-state index contributed by atoms with van der Waals surface area (Å²) in [7, 11) is 0. The molecule has 204 valence electrons. The van der Waals surface area contributed by atoms with E-state index < -0.39 is 29.2 Å². The van der Waals surface area contributed by atoms with Gasteiger partial charge in [0.1, 0.15) is 23.9 Å². The van der Waals surface area contributed by atoms with E-state index in [-0.39, 0.29) is 25.9 Å². The summed E-state index contributed by atoms with van der Waals surface area (Å²) < 4.78 is 17.4. The number of benzene rings is 3. The fraction of sp³-hybridized carbons (Fsp3) is 0.323. The summed E-state index contributed by atoms with van der Waals surface area (Å²) in [4.78, 5) is 37.5. The van der Waals surface area contributed by atoms with Crippen LogP contribution in [0.25, 0.3) is 0 Å². The predicted octanol–water partition coefficient (Wildman–Crippen LogP) is 4.55. The lowest BCUT2D eigenvalue weighted by molar-refractivity contribution is -0.145. The highest BCUT2D eigenvalue weighted by Gasteiger charge is 2.38. The molecule has 1 heterocycles. The summed E-state index contributed by atoms with van der Waals surface area (Å²) in [6.45, 7) is 6.72. The number of ether oxygens (including phenoxy) is 3. The number of carbonyl (C=O) groups excluding carboxylic acids is 3. The van der Waals surface area contributed by atoms with Crippen LogP contribution in [0.3, 0.4) is 0 Å². The maximum absolute atomic E-state index is 12.9. The van der Waals surface area contributed by atoms with E-state index in [1.54, 1.807) is 6.07 Å². The number of rotatable bonds is 10. The highest BCUT2D eigenvalue weighted by Crippen LogP contribution is 2.52. The highest BCUT2D eigenvalue weighted by molar-refractivity contribution is 5.98. The Labute approximate surface area is 228 Å². The largest absolute Gasteiger partial charge is 0.493 e. The molecule has 2 amide bonds. The summed E-state index contributed by atoms with van der Waals surface area (Å²) in [5.74, 6) is 0.319. The lowest BCUT2D eigenvalue weighted by Crippen LogP contribution is -2.44. The van der Waals surface area contributed by atoms with Crippen molar-refractivity contribution in [3.63, 3.8) is 0 Å². The number of nitrogens with one attached hydrogen (secondary N) is 1. The van der Waals surface area contributed by atoms with Gasteiger partial charge < -0.3 is 19.9 Å². The zero-order valence-corrected chi connectivity index (χ0v) is 22.5. The Morgan fingerprint density at radius 2 is 1.72 bits per heavy atom. The molecule has 3 N–H and O–H groups in total. The summed E-state index contributed by atoms with van der Waals surface area (Å²) in [6.07, 6.45) is -0.0752. The first-order chi connectivity index (χ1) is 18.7. The molecule has 0 fully saturated rings. The second kappa shape index (κ2) is 12.1. The molecule has 0 bridgehead atoms. The van der Waals surface area contributed by atoms with Crippen molar-refractivity contribution in [1.82, 2.24) is 5.32 Å². The Hall–Kier alpha value is -4.17. The Morgan fingerprint density at radius 1 is 1.00 bits per heavy atom. The lowest BCUT2D eigenvalue weighted by Gasteiger charge is -2.36. The minimum atomic E-state index is -1.03. The normalized spacial score (nSPS) is 13.7. The van der Waals surface area contributed by atoms with E-state index in [1.807, 2.05) is 67.6 Å². The Kier molecular flexibility index (Phi) is 8.66. The number of amides is 2. The average molecular weight is 531 g/mol. The van der Waals surface area contributed by atoms with E-state index in [1.165, 1.54) is 0 Å². The Morgan fingerprint density at radius 3 is 2.46 bits per heavy atom. The maximum atomic E-state index is 12.9. The fourth-order valence-electron chi connectivity index (χ4n) is 4.71. The van der Waals surface area contributed by atoms with Crippen LogP contribution in [-0.4, -0.2) is 30.4 Å². The number of fused-ring (bicyclic) bond motifs is 2. The molecule has 1 atom stereocenters. The number of hydrogen-bond donors (Lipinski definition) is 2. The smallest absolute Gasteiger partial charge is 0.306 e. The standard InChI is InChI=1S/C31H34N2O6/c1-4-37-25-16-14-21(29-28(25)31(2,3)22-12-8-9-13-24(22)39-29)18-26(34)33-30(36)23(32)15-17-27(35)38-19-20-10-6-5-7-11-20/h5-14,16,23H,4,15,17-19,32H2,1-3H3,(H,33,34,36)/t23-/m0/s1. The number of para-hydroxylation sites is 1. The van der Waals surface area contributed by atoms with Crippen LogP contribution in [0.4, 0.5) is 0 Å². The molecule has 0 unspecified atom stereocenters. The molecule has 1 aliphatic rings. The van der Waals surface area contributed by atoms with Crippen LogP contribution >= 0.6 is 0 Å². The van der Waals surface area contributed by atoms with Crippen molar-refractivity contribution < 1.29 is 28.6 Å². The molecule has 0 radical (unpaired) electrons. The molecule has 1 aliphatic heterocycles. The van der Waals surface area contributed by atoms with E-state index in [0.717, 1.165) is 16.7 Å². The Balaban J connectivity index is 1.39. The minimum absolute atomic E-state index is 0.0374. The topological polar surface area (TPSA) is 117 Å². The predicted molar refractivity (Wildman–Crippen MR) is 147 cm³/mol. The van der Waals surface area contributed by atoms with Gasteiger partial charge in [0, 0.05) is 28.5 Å². The fourth-order valence-corrected chi connectivity index (χ4v) is 4.71. The zero-order chi connectivity index (χ0) is 28.0. The molecule has 0 aliphatic carbocycles. The third-order valence-electron chi connectivity index (χ3n) is 6.75. The van der Waals surface area contributed by atoms with Crippen LogP contribution in [-0.2, 0) is 37.6 Å². The molecular weight excluding hydrogens is 496 g/mol. The third kappa shape index (κ3) is 6.46. The number of imide groups is 1. The van der Waals surface area contributed by atoms with Gasteiger partial charge in [-0.15, -0.1) is 0 Å². The van der Waals surface area contributed by atoms with E-state index in [9.17, 15) is 14.4 Å². The van der Waals surface area contributed by atoms with Crippen molar-refractivity contribution in [2.75, 3.05) is 6.61 Å². The minimum Gasteiger partial charge on any atom is -0.493 e. The van der Waals surface area contributed by atoms with E-state index >= 15 is 0 Å². The average Bonchev–Trinajstić information content (AvgIpc) is 2.92. The van der Waals surface area contributed by atoms with Crippen molar-refractivity contribution in [3.05, 3.63) is 89.0 Å². The van der Waals surface area contributed by atoms with Gasteiger partial charge in [-0.25, -0.2) is 0 Å². The van der Waals surface area contributed by atoms with Crippen molar-refractivity contribution in [2.45, 2.75) is 58.1 Å². The van der Waals surface area contributed by atoms with Gasteiger partial charge in [-0.3, -0.25) is 19.7 Å². The van der Waals surface area contributed by atoms with Crippen LogP contribution in [0.15, 0.2) is 66.7 Å². The quantitative estimate of drug-likeness (QED) is 0.369. The van der Waals surface area contributed by atoms with E-state index in [4.69, 9.17) is 19.9 Å². The molecule has 3 aromatic rings. The molecule has 0 saturated carbocycles. The summed E-state index contributed by atoms with van der Waals surface area (Å²) in [6, 6.07) is 19.6. The molecular formula is C31H34N2O6. The van der Waals surface area contributed by atoms with Crippen LogP contribution in [0, 0.1) is 0 Å². The second-order valence-electron chi connectivity index (χ2n) is 9.96. The number of esters is 1. The van der Waals surface area contributed by atoms with Crippen LogP contribution < -0.4 is 20.5 Å². The second-order valence-corrected chi connectivity index (χ2v) is 9.96. The lowest BCUT2D eigenvalue weighted by atomic mass is 9.74. The molecule has 39 heavy (non-hydrogen) atoms. The molecule has 0 saturated heterocycles. The molecule has 4 rings (SSSR count). The maximum Gasteiger partial charge on any atom is 0.306 e. The molecule has 0 spiro atoms. The number of carbonyl (C=O) groups is 3. The number of hydrogen-bond acceptors (Lipinski definition) is 7. The van der Waals surface area contributed by atoms with Crippen LogP contribution in [0.1, 0.15) is 55.9 Å². The van der Waals surface area contributed by atoms with E-state index in [2.05, 4.69) is 19.2 Å². The van der Waals surface area contributed by atoms with Crippen LogP contribution in [0.5, 0.6) is 17.2 Å². The summed E-state index contributed by atoms with van der Waals surface area (Å²) in [5.41, 5.74) is 8.88. The molecule has 0 aromatic heterocycles. The van der Waals surface area contributed by atoms with Crippen molar-refractivity contribution in [2.24, 2.45) is 5.73 Å². The van der Waals surface area contributed by atoms with Crippen molar-refractivity contribution >= 4 is 17.8 Å². The Bertz CT molecular complexity index is 1350. The van der Waals surface area contributed by atoms with Gasteiger partial charge in [-0.05, 0) is 31.0 Å². The number of nitrogens with two attached hydrogens (primary N) is 1. The molecule has 8 heteroatoms. The van der Waals surface area contributed by atoms with Gasteiger partial charge >= 0.3 is 5.97 Å². The van der Waals surface area contributed by atoms with Gasteiger partial charge in [-0.2, -0.15) is 0 Å². The van der Waals surface area contributed by atoms with Gasteiger partial charge in [0.05, 0.1) is 19.1 Å². The summed E-state index contributed by atoms with van der Waals surface area (Å²) >= 11 is 0. The molecule has 3 aromatic carbocycles. The highest BCUT2D eigenvalue weighted by atomic mass is 16.5. The van der Waals surface area contributed by atoms with Crippen molar-refractivity contribution in [3.8, 4) is 17.2 Å².